The molecule has 10 aliphatic heterocycles. The van der Waals surface area contributed by atoms with E-state index in [1.165, 1.54) is 49.1 Å². The van der Waals surface area contributed by atoms with E-state index in [0.717, 1.165) is 4.05 Å². The minimum atomic E-state index is -3.78. The van der Waals surface area contributed by atoms with E-state index < -0.39 is 14.6 Å². The Kier molecular flexibility index (Phi) is 1.68. The van der Waals surface area contributed by atoms with Crippen molar-refractivity contribution in [2.75, 3.05) is 0 Å². The predicted molar refractivity (Wildman–Crippen MR) is 166 cm³/mol. The van der Waals surface area contributed by atoms with E-state index in [1.54, 1.807) is 10.6 Å². The SMILES string of the molecule is C[C@H](NP(c1ccccc1)c1ccccc1)[C@]12[CH]3[CH]4[CH]5[C]1(P(c1ccccc1)c1ccccc1)[Fe]45321678[CH]2[CH]1[CH]6[CH]7[CH]28. The average molecular weight is 597 g/mol. The van der Waals surface area contributed by atoms with Crippen molar-refractivity contribution >= 4 is 37.2 Å². The fourth-order valence-electron chi connectivity index (χ4n) is 21.9. The quantitative estimate of drug-likeness (QED) is 0.161. The van der Waals surface area contributed by atoms with Crippen molar-refractivity contribution in [2.24, 2.45) is 0 Å². The van der Waals surface area contributed by atoms with E-state index in [2.05, 4.69) is 133 Å². The van der Waals surface area contributed by atoms with Gasteiger partial charge in [0.25, 0.3) is 0 Å². The van der Waals surface area contributed by atoms with Gasteiger partial charge in [0.05, 0.1) is 0 Å². The number of fused-ring (bicyclic) bond motifs is 10. The molecule has 4 aromatic rings. The van der Waals surface area contributed by atoms with E-state index >= 15 is 0 Å². The molecule has 6 atom stereocenters. The van der Waals surface area contributed by atoms with Crippen molar-refractivity contribution in [1.82, 2.24) is 5.09 Å². The second-order valence-electron chi connectivity index (χ2n) is 16.6. The van der Waals surface area contributed by atoms with Gasteiger partial charge in [0.2, 0.25) is 0 Å². The van der Waals surface area contributed by atoms with Crippen LogP contribution in [0.25, 0.3) is 0 Å². The number of nitrogens with one attached hydrogen (secondary N) is 1. The normalized spacial score (nSPS) is 60.1. The van der Waals surface area contributed by atoms with Gasteiger partial charge in [-0.2, -0.15) is 0 Å². The summed E-state index contributed by atoms with van der Waals surface area (Å²) in [6.07, 6.45) is 0. The van der Waals surface area contributed by atoms with E-state index in [-0.39, 0.29) is 7.92 Å². The van der Waals surface area contributed by atoms with Crippen molar-refractivity contribution < 1.29 is 6.51 Å². The molecule has 200 valence electrons. The molecule has 10 heterocycles. The van der Waals surface area contributed by atoms with Gasteiger partial charge in [0.15, 0.2) is 0 Å². The van der Waals surface area contributed by atoms with E-state index in [1.807, 2.05) is 0 Å². The van der Waals surface area contributed by atoms with E-state index in [0.29, 0.717) is 10.4 Å². The molecule has 10 fully saturated rings. The maximum absolute atomic E-state index is 4.56. The molecule has 4 unspecified atom stereocenters. The van der Waals surface area contributed by atoms with Gasteiger partial charge < -0.3 is 0 Å². The number of benzene rings is 4. The van der Waals surface area contributed by atoms with Crippen LogP contribution in [-0.2, 0) is 6.51 Å². The van der Waals surface area contributed by atoms with Gasteiger partial charge in [-0.05, 0) is 0 Å². The summed E-state index contributed by atoms with van der Waals surface area (Å²) in [5.74, 6) is 0. The van der Waals surface area contributed by atoms with Gasteiger partial charge in [-0.25, -0.2) is 0 Å². The van der Waals surface area contributed by atoms with Gasteiger partial charge in [0, 0.05) is 0 Å². The fraction of sp³-hybridized carbons (Fsp3) is 0.333. The van der Waals surface area contributed by atoms with Crippen LogP contribution in [0.15, 0.2) is 121 Å². The fourth-order valence-corrected chi connectivity index (χ4v) is 116. The molecule has 0 aromatic heterocycles. The number of hydrogen-bond donors (Lipinski definition) is 1. The number of hydrogen-bond acceptors (Lipinski definition) is 1. The van der Waals surface area contributed by atoms with Crippen LogP contribution in [-0.4, -0.2) is 10.1 Å². The Morgan fingerprint density at radius 1 is 0.550 bits per heavy atom. The molecule has 10 aliphatic rings. The second-order valence-corrected chi connectivity index (χ2v) is 44.7. The van der Waals surface area contributed by atoms with E-state index in [9.17, 15) is 0 Å². The molecule has 0 saturated carbocycles. The summed E-state index contributed by atoms with van der Waals surface area (Å²) in [5.41, 5.74) is 0. The predicted octanol–water partition coefficient (Wildman–Crippen LogP) is 7.81. The Morgan fingerprint density at radius 2 is 0.950 bits per heavy atom. The van der Waals surface area contributed by atoms with Crippen LogP contribution in [0.4, 0.5) is 0 Å². The molecule has 0 radical (unpaired) electrons. The molecule has 10 saturated heterocycles. The molecule has 40 heavy (non-hydrogen) atoms. The molecular formula is C36H33FeNP2. The van der Waals surface area contributed by atoms with Gasteiger partial charge in [-0.15, -0.1) is 0 Å². The van der Waals surface area contributed by atoms with Crippen LogP contribution in [0.5, 0.6) is 0 Å². The minimum absolute atomic E-state index is 0.316. The Bertz CT molecular complexity index is 2110. The van der Waals surface area contributed by atoms with Crippen molar-refractivity contribution in [2.45, 2.75) is 59.9 Å². The summed E-state index contributed by atoms with van der Waals surface area (Å²) in [4.78, 5) is 10.2. The molecule has 1 N–H and O–H groups in total. The Hall–Kier alpha value is -1.78. The number of rotatable bonds is 8. The van der Waals surface area contributed by atoms with Crippen LogP contribution in [0.1, 0.15) is 6.92 Å². The Balaban J connectivity index is 1.02. The second kappa shape index (κ2) is 3.32. The van der Waals surface area contributed by atoms with Crippen molar-refractivity contribution in [3.63, 3.8) is 0 Å². The van der Waals surface area contributed by atoms with Crippen molar-refractivity contribution in [3.8, 4) is 0 Å². The third-order valence-electron chi connectivity index (χ3n) is 20.2. The zero-order valence-corrected chi connectivity index (χ0v) is 25.4. The molecule has 0 aliphatic carbocycles. The summed E-state index contributed by atoms with van der Waals surface area (Å²) in [7, 11) is -0.892. The molecule has 1 spiro atoms. The molecular weight excluding hydrogens is 564 g/mol. The van der Waals surface area contributed by atoms with E-state index in [4.69, 9.17) is 0 Å². The standard InChI is InChI=1S/C31H28NP2.C5H5.Fe/c1-25(32-34(28-19-10-4-11-20-28)29-21-12-5-13-22-29)30-23-14-24-31(30)33(26-15-6-2-7-16-26)27-17-8-3-9-18-27;1-2-4-5-3-1;/h2-25,32H,1H3;1-5H;/t25-;;/m0../s1. The molecule has 4 heteroatoms. The van der Waals surface area contributed by atoms with Crippen LogP contribution in [0.2, 0.25) is 42.8 Å². The summed E-state index contributed by atoms with van der Waals surface area (Å²) in [5, 5.41) is 11.0. The maximum atomic E-state index is 4.56. The van der Waals surface area contributed by atoms with Crippen LogP contribution in [0.3, 0.4) is 0 Å². The zero-order chi connectivity index (χ0) is 25.8. The monoisotopic (exact) mass is 597 g/mol. The molecule has 4 aromatic carbocycles. The Morgan fingerprint density at radius 3 is 1.32 bits per heavy atom. The van der Waals surface area contributed by atoms with Crippen molar-refractivity contribution in [3.05, 3.63) is 121 Å². The van der Waals surface area contributed by atoms with Gasteiger partial charge in [-0.3, -0.25) is 0 Å². The van der Waals surface area contributed by atoms with Gasteiger partial charge in [-0.1, -0.05) is 0 Å². The summed E-state index contributed by atoms with van der Waals surface area (Å²) in [6, 6.07) is 47.5. The van der Waals surface area contributed by atoms with Crippen LogP contribution < -0.4 is 26.3 Å². The molecule has 14 rings (SSSR count). The van der Waals surface area contributed by atoms with Gasteiger partial charge >= 0.3 is 230 Å². The molecule has 0 bridgehead atoms. The average Bonchev–Trinajstić information content (AvgIpc) is 3.97. The first kappa shape index (κ1) is 20.2. The first-order valence-corrected chi connectivity index (χ1v) is 24.2. The van der Waals surface area contributed by atoms with Crippen molar-refractivity contribution in [1.29, 1.82) is 0 Å². The van der Waals surface area contributed by atoms with Gasteiger partial charge in [0.1, 0.15) is 0 Å². The van der Waals surface area contributed by atoms with Crippen LogP contribution >= 0.6 is 16.0 Å². The summed E-state index contributed by atoms with van der Waals surface area (Å²) >= 11 is 0. The zero-order valence-electron chi connectivity index (χ0n) is 22.5. The Labute approximate surface area is 229 Å². The van der Waals surface area contributed by atoms with Crippen LogP contribution in [0, 0.1) is 0 Å². The summed E-state index contributed by atoms with van der Waals surface area (Å²) in [6.45, 7) is -1.07. The first-order valence-electron chi connectivity index (χ1n) is 15.3. The molecule has 0 amide bonds. The third kappa shape index (κ3) is 0.537. The molecule has 1 nitrogen and oxygen atoms in total. The topological polar surface area (TPSA) is 12.0 Å². The third-order valence-corrected chi connectivity index (χ3v) is 72.7. The summed E-state index contributed by atoms with van der Waals surface area (Å²) < 4.78 is 1.43. The first-order chi connectivity index (χ1) is 19.5.